The summed E-state index contributed by atoms with van der Waals surface area (Å²) in [5.74, 6) is 4.98. The Kier molecular flexibility index (Phi) is 4.07. The lowest BCUT2D eigenvalue weighted by molar-refractivity contribution is -0.130. The zero-order valence-electron chi connectivity index (χ0n) is 9.49. The SMILES string of the molecule is CC(C)(CN1CCC(O)CC1)C(=O)NN. The maximum atomic E-state index is 11.5. The van der Waals surface area contributed by atoms with Crippen LogP contribution in [0.25, 0.3) is 0 Å². The highest BCUT2D eigenvalue weighted by Crippen LogP contribution is 2.20. The first kappa shape index (κ1) is 12.4. The van der Waals surface area contributed by atoms with Crippen LogP contribution in [0.2, 0.25) is 0 Å². The van der Waals surface area contributed by atoms with E-state index in [2.05, 4.69) is 10.3 Å². The van der Waals surface area contributed by atoms with Gasteiger partial charge >= 0.3 is 0 Å². The van der Waals surface area contributed by atoms with Crippen molar-refractivity contribution in [1.29, 1.82) is 0 Å². The van der Waals surface area contributed by atoms with Crippen LogP contribution in [-0.4, -0.2) is 41.7 Å². The van der Waals surface area contributed by atoms with Crippen LogP contribution < -0.4 is 11.3 Å². The Labute approximate surface area is 90.6 Å². The van der Waals surface area contributed by atoms with E-state index in [1.165, 1.54) is 0 Å². The number of hydrogen-bond donors (Lipinski definition) is 3. The molecule has 1 saturated heterocycles. The molecule has 0 aromatic heterocycles. The van der Waals surface area contributed by atoms with Crippen molar-refractivity contribution in [3.8, 4) is 0 Å². The quantitative estimate of drug-likeness (QED) is 0.335. The average Bonchev–Trinajstić information content (AvgIpc) is 2.20. The Morgan fingerprint density at radius 2 is 2.07 bits per heavy atom. The van der Waals surface area contributed by atoms with Gasteiger partial charge in [-0.2, -0.15) is 0 Å². The first-order valence-corrected chi connectivity index (χ1v) is 5.37. The van der Waals surface area contributed by atoms with Crippen LogP contribution in [0.15, 0.2) is 0 Å². The van der Waals surface area contributed by atoms with Crippen LogP contribution in [0, 0.1) is 5.41 Å². The van der Waals surface area contributed by atoms with Crippen molar-refractivity contribution in [2.75, 3.05) is 19.6 Å². The molecule has 1 amide bonds. The average molecular weight is 215 g/mol. The number of nitrogens with zero attached hydrogens (tertiary/aromatic N) is 1. The molecule has 5 nitrogen and oxygen atoms in total. The van der Waals surface area contributed by atoms with Gasteiger partial charge in [-0.25, -0.2) is 5.84 Å². The zero-order chi connectivity index (χ0) is 11.5. The highest BCUT2D eigenvalue weighted by molar-refractivity contribution is 5.81. The summed E-state index contributed by atoms with van der Waals surface area (Å²) in [5, 5.41) is 9.35. The van der Waals surface area contributed by atoms with Crippen molar-refractivity contribution in [3.63, 3.8) is 0 Å². The highest BCUT2D eigenvalue weighted by atomic mass is 16.3. The maximum absolute atomic E-state index is 11.5. The molecule has 88 valence electrons. The fraction of sp³-hybridized carbons (Fsp3) is 0.900. The number of aliphatic hydroxyl groups is 1. The van der Waals surface area contributed by atoms with Crippen LogP contribution in [-0.2, 0) is 4.79 Å². The summed E-state index contributed by atoms with van der Waals surface area (Å²) in [6.45, 7) is 6.13. The first-order chi connectivity index (χ1) is 6.95. The van der Waals surface area contributed by atoms with Crippen molar-refractivity contribution in [2.45, 2.75) is 32.8 Å². The van der Waals surface area contributed by atoms with Crippen molar-refractivity contribution in [2.24, 2.45) is 11.3 Å². The molecular formula is C10H21N3O2. The fourth-order valence-electron chi connectivity index (χ4n) is 1.90. The lowest BCUT2D eigenvalue weighted by Crippen LogP contribution is -2.49. The van der Waals surface area contributed by atoms with E-state index in [-0.39, 0.29) is 12.0 Å². The Morgan fingerprint density at radius 3 is 2.53 bits per heavy atom. The molecule has 0 aromatic rings. The van der Waals surface area contributed by atoms with Gasteiger partial charge in [0.1, 0.15) is 0 Å². The van der Waals surface area contributed by atoms with Crippen molar-refractivity contribution in [3.05, 3.63) is 0 Å². The summed E-state index contributed by atoms with van der Waals surface area (Å²) in [4.78, 5) is 13.7. The van der Waals surface area contributed by atoms with E-state index >= 15 is 0 Å². The molecule has 0 atom stereocenters. The number of carbonyl (C=O) groups excluding carboxylic acids is 1. The second-order valence-corrected chi connectivity index (χ2v) is 4.86. The van der Waals surface area contributed by atoms with E-state index in [1.54, 1.807) is 0 Å². The lowest BCUT2D eigenvalue weighted by Gasteiger charge is -2.35. The summed E-state index contributed by atoms with van der Waals surface area (Å²) < 4.78 is 0. The van der Waals surface area contributed by atoms with Gasteiger partial charge < -0.3 is 10.0 Å². The zero-order valence-corrected chi connectivity index (χ0v) is 9.49. The minimum Gasteiger partial charge on any atom is -0.393 e. The minimum atomic E-state index is -0.475. The van der Waals surface area contributed by atoms with Gasteiger partial charge in [0.25, 0.3) is 0 Å². The molecule has 0 unspecified atom stereocenters. The lowest BCUT2D eigenvalue weighted by atomic mass is 9.91. The van der Waals surface area contributed by atoms with Gasteiger partial charge in [-0.3, -0.25) is 10.2 Å². The molecule has 0 aliphatic carbocycles. The van der Waals surface area contributed by atoms with E-state index in [4.69, 9.17) is 5.84 Å². The third-order valence-corrected chi connectivity index (χ3v) is 2.92. The van der Waals surface area contributed by atoms with Gasteiger partial charge in [0.15, 0.2) is 0 Å². The van der Waals surface area contributed by atoms with Gasteiger partial charge in [-0.05, 0) is 26.7 Å². The van der Waals surface area contributed by atoms with E-state index in [0.29, 0.717) is 6.54 Å². The number of likely N-dealkylation sites (tertiary alicyclic amines) is 1. The number of aliphatic hydroxyl groups excluding tert-OH is 1. The van der Waals surface area contributed by atoms with Gasteiger partial charge in [0.05, 0.1) is 11.5 Å². The molecule has 1 rings (SSSR count). The largest absolute Gasteiger partial charge is 0.393 e. The first-order valence-electron chi connectivity index (χ1n) is 5.37. The summed E-state index contributed by atoms with van der Waals surface area (Å²) >= 11 is 0. The molecule has 5 heteroatoms. The predicted molar refractivity (Wildman–Crippen MR) is 57.8 cm³/mol. The van der Waals surface area contributed by atoms with Gasteiger partial charge in [0, 0.05) is 19.6 Å². The number of piperidine rings is 1. The number of hydrazine groups is 1. The van der Waals surface area contributed by atoms with Crippen LogP contribution >= 0.6 is 0 Å². The summed E-state index contributed by atoms with van der Waals surface area (Å²) in [5.41, 5.74) is 1.71. The summed E-state index contributed by atoms with van der Waals surface area (Å²) in [6, 6.07) is 0. The fourth-order valence-corrected chi connectivity index (χ4v) is 1.90. The topological polar surface area (TPSA) is 78.6 Å². The Balaban J connectivity index is 2.43. The normalized spacial score (nSPS) is 20.3. The minimum absolute atomic E-state index is 0.145. The molecule has 1 heterocycles. The van der Waals surface area contributed by atoms with Crippen molar-refractivity contribution < 1.29 is 9.90 Å². The summed E-state index contributed by atoms with van der Waals surface area (Å²) in [7, 11) is 0. The molecule has 15 heavy (non-hydrogen) atoms. The molecule has 0 spiro atoms. The number of nitrogens with two attached hydrogens (primary N) is 1. The molecule has 0 bridgehead atoms. The predicted octanol–water partition coefficient (Wildman–Crippen LogP) is -0.541. The van der Waals surface area contributed by atoms with E-state index in [1.807, 2.05) is 13.8 Å². The van der Waals surface area contributed by atoms with E-state index < -0.39 is 5.41 Å². The third kappa shape index (κ3) is 3.44. The van der Waals surface area contributed by atoms with Crippen molar-refractivity contribution in [1.82, 2.24) is 10.3 Å². The molecule has 0 saturated carbocycles. The molecule has 0 aromatic carbocycles. The molecule has 0 radical (unpaired) electrons. The number of hydrogen-bond acceptors (Lipinski definition) is 4. The molecule has 4 N–H and O–H groups in total. The second-order valence-electron chi connectivity index (χ2n) is 4.86. The van der Waals surface area contributed by atoms with Gasteiger partial charge in [-0.1, -0.05) is 0 Å². The molecule has 1 fully saturated rings. The molecule has 1 aliphatic heterocycles. The van der Waals surface area contributed by atoms with Crippen LogP contribution in [0.1, 0.15) is 26.7 Å². The number of carbonyl (C=O) groups is 1. The smallest absolute Gasteiger partial charge is 0.240 e. The Hall–Kier alpha value is -0.650. The highest BCUT2D eigenvalue weighted by Gasteiger charge is 2.30. The number of nitrogens with one attached hydrogen (secondary N) is 1. The Morgan fingerprint density at radius 1 is 1.53 bits per heavy atom. The molecular weight excluding hydrogens is 194 g/mol. The van der Waals surface area contributed by atoms with E-state index in [0.717, 1.165) is 25.9 Å². The number of rotatable bonds is 3. The summed E-state index contributed by atoms with van der Waals surface area (Å²) in [6.07, 6.45) is 1.41. The second kappa shape index (κ2) is 4.92. The molecule has 1 aliphatic rings. The standard InChI is InChI=1S/C10H21N3O2/c1-10(2,9(15)12-11)7-13-5-3-8(14)4-6-13/h8,14H,3-7,11H2,1-2H3,(H,12,15). The maximum Gasteiger partial charge on any atom is 0.240 e. The van der Waals surface area contributed by atoms with Gasteiger partial charge in [-0.15, -0.1) is 0 Å². The Bertz CT molecular complexity index is 223. The van der Waals surface area contributed by atoms with Crippen LogP contribution in [0.3, 0.4) is 0 Å². The van der Waals surface area contributed by atoms with Crippen LogP contribution in [0.4, 0.5) is 0 Å². The van der Waals surface area contributed by atoms with E-state index in [9.17, 15) is 9.90 Å². The van der Waals surface area contributed by atoms with Crippen LogP contribution in [0.5, 0.6) is 0 Å². The monoisotopic (exact) mass is 215 g/mol. The third-order valence-electron chi connectivity index (χ3n) is 2.92. The van der Waals surface area contributed by atoms with Gasteiger partial charge in [0.2, 0.25) is 5.91 Å². The van der Waals surface area contributed by atoms with Crippen molar-refractivity contribution >= 4 is 5.91 Å². The number of amides is 1.